The molecule has 0 aliphatic carbocycles. The van der Waals surface area contributed by atoms with Gasteiger partial charge in [-0.1, -0.05) is 26.1 Å². The maximum atomic E-state index is 11.2. The summed E-state index contributed by atoms with van der Waals surface area (Å²) in [7, 11) is -4.57. The Morgan fingerprint density at radius 3 is 2.47 bits per heavy atom. The molecule has 0 atom stereocenters. The van der Waals surface area contributed by atoms with E-state index in [0.29, 0.717) is 13.0 Å². The van der Waals surface area contributed by atoms with E-state index < -0.39 is 18.2 Å². The van der Waals surface area contributed by atoms with Gasteiger partial charge in [-0.05, 0) is 12.8 Å². The largest absolute Gasteiger partial charge is 0.270 e. The minimum Gasteiger partial charge on any atom is -0.270 e. The molecule has 5 heteroatoms. The van der Waals surface area contributed by atoms with Crippen LogP contribution in [-0.4, -0.2) is 28.9 Å². The average Bonchev–Trinajstić information content (AvgIpc) is 2.13. The average molecular weight is 250 g/mol. The van der Waals surface area contributed by atoms with Crippen molar-refractivity contribution in [2.75, 3.05) is 12.4 Å². The molecule has 90 valence electrons. The summed E-state index contributed by atoms with van der Waals surface area (Å²) < 4.78 is 27.3. The van der Waals surface area contributed by atoms with Crippen molar-refractivity contribution in [1.29, 1.82) is 0 Å². The van der Waals surface area contributed by atoms with Gasteiger partial charge in [0.1, 0.15) is 0 Å². The second kappa shape index (κ2) is 6.45. The normalized spacial score (nSPS) is 12.7. The lowest BCUT2D eigenvalue weighted by atomic mass is 10.5. The molecule has 0 radical (unpaired) electrons. The predicted molar refractivity (Wildman–Crippen MR) is 67.1 cm³/mol. The Labute approximate surface area is 94.7 Å². The first-order valence-corrected chi connectivity index (χ1v) is 10.2. The van der Waals surface area contributed by atoms with Crippen LogP contribution in [-0.2, 0) is 14.3 Å². The molecule has 0 amide bonds. The minimum atomic E-state index is -3.27. The van der Waals surface area contributed by atoms with Crippen molar-refractivity contribution < 1.29 is 12.6 Å². The molecule has 0 fully saturated rings. The van der Waals surface area contributed by atoms with Crippen LogP contribution in [0, 0.1) is 0 Å². The summed E-state index contributed by atoms with van der Waals surface area (Å²) in [6.07, 6.45) is 1.41. The van der Waals surface area contributed by atoms with Crippen LogP contribution in [0.25, 0.3) is 0 Å². The zero-order valence-electron chi connectivity index (χ0n) is 9.95. The molecule has 3 nitrogen and oxygen atoms in total. The molecule has 0 heterocycles. The molecule has 0 saturated carbocycles. The first-order valence-electron chi connectivity index (χ1n) is 5.33. The smallest absolute Gasteiger partial charge is 0.267 e. The van der Waals surface area contributed by atoms with Crippen molar-refractivity contribution in [3.05, 3.63) is 12.3 Å². The van der Waals surface area contributed by atoms with Gasteiger partial charge in [0.15, 0.2) is 0 Å². The maximum Gasteiger partial charge on any atom is 0.267 e. The zero-order chi connectivity index (χ0) is 11.9. The third-order valence-corrected chi connectivity index (χ3v) is 6.42. The lowest BCUT2D eigenvalue weighted by Crippen LogP contribution is -2.22. The lowest BCUT2D eigenvalue weighted by Gasteiger charge is -2.16. The van der Waals surface area contributed by atoms with Crippen molar-refractivity contribution in [1.82, 2.24) is 0 Å². The van der Waals surface area contributed by atoms with E-state index in [0.717, 1.165) is 12.5 Å². The van der Waals surface area contributed by atoms with Gasteiger partial charge >= 0.3 is 0 Å². The van der Waals surface area contributed by atoms with Crippen LogP contribution in [0.1, 0.15) is 19.8 Å². The fourth-order valence-electron chi connectivity index (χ4n) is 1.12. The Morgan fingerprint density at radius 2 is 2.00 bits per heavy atom. The molecule has 0 rings (SSSR count). The van der Waals surface area contributed by atoms with Gasteiger partial charge in [-0.25, -0.2) is 0 Å². The van der Waals surface area contributed by atoms with Gasteiger partial charge in [-0.15, -0.1) is 12.3 Å². The molecule has 0 saturated heterocycles. The van der Waals surface area contributed by atoms with Crippen LogP contribution in [0.4, 0.5) is 0 Å². The minimum absolute atomic E-state index is 0.120. The van der Waals surface area contributed by atoms with E-state index >= 15 is 0 Å². The molecular formula is C10H22O3SSi. The molecule has 0 aliphatic heterocycles. The van der Waals surface area contributed by atoms with E-state index in [1.54, 1.807) is 0 Å². The number of rotatable bonds is 8. The fourth-order valence-corrected chi connectivity index (χ4v) is 3.37. The van der Waals surface area contributed by atoms with Crippen molar-refractivity contribution in [2.45, 2.75) is 38.9 Å². The highest BCUT2D eigenvalue weighted by Crippen LogP contribution is 2.13. The Bertz CT molecular complexity index is 283. The molecule has 0 aromatic heterocycles. The van der Waals surface area contributed by atoms with Gasteiger partial charge < -0.3 is 0 Å². The maximum absolute atomic E-state index is 11.2. The summed E-state index contributed by atoms with van der Waals surface area (Å²) in [5.74, 6) is 0.120. The molecule has 0 spiro atoms. The Kier molecular flexibility index (Phi) is 6.39. The molecular weight excluding hydrogens is 228 g/mol. The summed E-state index contributed by atoms with van der Waals surface area (Å²) in [5.41, 5.74) is 2.02. The topological polar surface area (TPSA) is 43.4 Å². The first-order chi connectivity index (χ1) is 6.83. The Balaban J connectivity index is 3.77. The Morgan fingerprint density at radius 1 is 1.40 bits per heavy atom. The van der Waals surface area contributed by atoms with Gasteiger partial charge in [-0.2, -0.15) is 8.42 Å². The summed E-state index contributed by atoms with van der Waals surface area (Å²) in [4.78, 5) is 0. The van der Waals surface area contributed by atoms with Gasteiger partial charge in [0.25, 0.3) is 10.1 Å². The van der Waals surface area contributed by atoms with E-state index in [1.807, 2.05) is 12.6 Å². The quantitative estimate of drug-likeness (QED) is 0.378. The van der Waals surface area contributed by atoms with Gasteiger partial charge in [0, 0.05) is 0 Å². The van der Waals surface area contributed by atoms with E-state index in [-0.39, 0.29) is 5.75 Å². The highest BCUT2D eigenvalue weighted by atomic mass is 32.2. The number of hydrogen-bond donors (Lipinski definition) is 0. The standard InChI is InChI=1S/C10H22O3SSi/c1-5-9-14(11,12)13-8-7-10-15(3,4)6-2/h6H,2,5,7-10H2,1,3-4H3. The van der Waals surface area contributed by atoms with Crippen LogP contribution in [0.3, 0.4) is 0 Å². The third kappa shape index (κ3) is 7.76. The van der Waals surface area contributed by atoms with Crippen molar-refractivity contribution in [3.63, 3.8) is 0 Å². The molecule has 0 aromatic rings. The molecule has 0 aromatic carbocycles. The molecule has 0 bridgehead atoms. The number of hydrogen-bond acceptors (Lipinski definition) is 3. The molecule has 0 unspecified atom stereocenters. The van der Waals surface area contributed by atoms with Crippen molar-refractivity contribution in [3.8, 4) is 0 Å². The summed E-state index contributed by atoms with van der Waals surface area (Å²) in [5, 5.41) is 0. The molecule has 0 N–H and O–H groups in total. The van der Waals surface area contributed by atoms with Gasteiger partial charge in [0.2, 0.25) is 0 Å². The van der Waals surface area contributed by atoms with E-state index in [4.69, 9.17) is 4.18 Å². The van der Waals surface area contributed by atoms with Gasteiger partial charge in [-0.3, -0.25) is 4.18 Å². The second-order valence-electron chi connectivity index (χ2n) is 4.38. The second-order valence-corrected chi connectivity index (χ2v) is 11.0. The van der Waals surface area contributed by atoms with Crippen LogP contribution < -0.4 is 0 Å². The van der Waals surface area contributed by atoms with Crippen molar-refractivity contribution >= 4 is 18.2 Å². The molecule has 15 heavy (non-hydrogen) atoms. The summed E-state index contributed by atoms with van der Waals surface area (Å²) in [6.45, 7) is 10.3. The van der Waals surface area contributed by atoms with Crippen LogP contribution in [0.2, 0.25) is 19.1 Å². The van der Waals surface area contributed by atoms with Gasteiger partial charge in [0.05, 0.1) is 20.4 Å². The monoisotopic (exact) mass is 250 g/mol. The van der Waals surface area contributed by atoms with Crippen LogP contribution in [0.15, 0.2) is 12.3 Å². The Hall–Kier alpha value is -0.133. The predicted octanol–water partition coefficient (Wildman–Crippen LogP) is 2.57. The van der Waals surface area contributed by atoms with E-state index in [1.165, 1.54) is 0 Å². The highest BCUT2D eigenvalue weighted by molar-refractivity contribution is 7.86. The summed E-state index contributed by atoms with van der Waals surface area (Å²) >= 11 is 0. The van der Waals surface area contributed by atoms with E-state index in [9.17, 15) is 8.42 Å². The zero-order valence-corrected chi connectivity index (χ0v) is 11.8. The summed E-state index contributed by atoms with van der Waals surface area (Å²) in [6, 6.07) is 1.03. The molecule has 0 aliphatic rings. The van der Waals surface area contributed by atoms with E-state index in [2.05, 4.69) is 19.7 Å². The van der Waals surface area contributed by atoms with Crippen molar-refractivity contribution in [2.24, 2.45) is 0 Å². The highest BCUT2D eigenvalue weighted by Gasteiger charge is 2.16. The fraction of sp³-hybridized carbons (Fsp3) is 0.800. The first kappa shape index (κ1) is 14.9. The lowest BCUT2D eigenvalue weighted by molar-refractivity contribution is 0.317. The third-order valence-electron chi connectivity index (χ3n) is 2.24. The SMILES string of the molecule is C=C[Si](C)(C)CCCOS(=O)(=O)CCC. The van der Waals surface area contributed by atoms with Crippen LogP contribution in [0.5, 0.6) is 0 Å². The van der Waals surface area contributed by atoms with Crippen LogP contribution >= 0.6 is 0 Å².